The van der Waals surface area contributed by atoms with Gasteiger partial charge in [-0.3, -0.25) is 9.59 Å². The standard InChI is InChI=1S/C15H15NO3/c17-14(16-11-4-2-1-3-5-11)12-9-6-7-10(8-9)13(12)15(18)19/h1-7,9-10,12-13H,8H2,(H,16,17)(H,18,19)/t9-,10+,12-,13-/m0/s1. The van der Waals surface area contributed by atoms with Gasteiger partial charge in [0, 0.05) is 5.69 Å². The van der Waals surface area contributed by atoms with E-state index in [9.17, 15) is 14.7 Å². The zero-order valence-electron chi connectivity index (χ0n) is 10.3. The van der Waals surface area contributed by atoms with Crippen molar-refractivity contribution in [3.63, 3.8) is 0 Å². The lowest BCUT2D eigenvalue weighted by Gasteiger charge is -2.23. The van der Waals surface area contributed by atoms with Crippen molar-refractivity contribution in [2.45, 2.75) is 6.42 Å². The van der Waals surface area contributed by atoms with Gasteiger partial charge in [-0.15, -0.1) is 0 Å². The number of carboxylic acids is 1. The Balaban J connectivity index is 1.79. The number of carbonyl (C=O) groups excluding carboxylic acids is 1. The van der Waals surface area contributed by atoms with Gasteiger partial charge in [0.25, 0.3) is 0 Å². The number of para-hydroxylation sites is 1. The molecular formula is C15H15NO3. The van der Waals surface area contributed by atoms with Crippen molar-refractivity contribution in [2.75, 3.05) is 5.32 Å². The normalized spacial score (nSPS) is 31.4. The van der Waals surface area contributed by atoms with Crippen molar-refractivity contribution in [2.24, 2.45) is 23.7 Å². The van der Waals surface area contributed by atoms with Gasteiger partial charge in [-0.25, -0.2) is 0 Å². The van der Waals surface area contributed by atoms with Crippen molar-refractivity contribution in [1.82, 2.24) is 0 Å². The maximum absolute atomic E-state index is 12.3. The minimum Gasteiger partial charge on any atom is -0.481 e. The van der Waals surface area contributed by atoms with Gasteiger partial charge < -0.3 is 10.4 Å². The van der Waals surface area contributed by atoms with E-state index in [0.717, 1.165) is 6.42 Å². The van der Waals surface area contributed by atoms with E-state index in [0.29, 0.717) is 5.69 Å². The first-order valence-electron chi connectivity index (χ1n) is 6.44. The monoisotopic (exact) mass is 257 g/mol. The first-order valence-corrected chi connectivity index (χ1v) is 6.44. The van der Waals surface area contributed by atoms with Gasteiger partial charge in [0.15, 0.2) is 0 Å². The van der Waals surface area contributed by atoms with Crippen LogP contribution in [0.2, 0.25) is 0 Å². The van der Waals surface area contributed by atoms with Crippen LogP contribution in [0.3, 0.4) is 0 Å². The molecule has 98 valence electrons. The summed E-state index contributed by atoms with van der Waals surface area (Å²) in [5.74, 6) is -2.02. The van der Waals surface area contributed by atoms with Crippen LogP contribution in [0.5, 0.6) is 0 Å². The van der Waals surface area contributed by atoms with Gasteiger partial charge in [0.05, 0.1) is 11.8 Å². The fourth-order valence-corrected chi connectivity index (χ4v) is 3.26. The van der Waals surface area contributed by atoms with Gasteiger partial charge in [-0.1, -0.05) is 30.4 Å². The van der Waals surface area contributed by atoms with Crippen molar-refractivity contribution in [3.05, 3.63) is 42.5 Å². The number of amides is 1. The summed E-state index contributed by atoms with van der Waals surface area (Å²) in [4.78, 5) is 23.7. The molecule has 1 fully saturated rings. The summed E-state index contributed by atoms with van der Waals surface area (Å²) < 4.78 is 0. The summed E-state index contributed by atoms with van der Waals surface area (Å²) >= 11 is 0. The lowest BCUT2D eigenvalue weighted by Crippen LogP contribution is -2.36. The number of hydrogen-bond acceptors (Lipinski definition) is 2. The molecule has 4 nitrogen and oxygen atoms in total. The van der Waals surface area contributed by atoms with Crippen molar-refractivity contribution in [1.29, 1.82) is 0 Å². The minimum absolute atomic E-state index is 0.00835. The molecule has 0 heterocycles. The van der Waals surface area contributed by atoms with Crippen LogP contribution in [0, 0.1) is 23.7 Å². The molecule has 0 aliphatic heterocycles. The predicted molar refractivity (Wildman–Crippen MR) is 70.4 cm³/mol. The van der Waals surface area contributed by atoms with Gasteiger partial charge in [0.2, 0.25) is 5.91 Å². The highest BCUT2D eigenvalue weighted by Crippen LogP contribution is 2.48. The summed E-state index contributed by atoms with van der Waals surface area (Å²) in [6.45, 7) is 0. The van der Waals surface area contributed by atoms with Crippen molar-refractivity contribution < 1.29 is 14.7 Å². The lowest BCUT2D eigenvalue weighted by atomic mass is 9.82. The molecule has 0 aromatic heterocycles. The molecule has 1 aromatic carbocycles. The zero-order chi connectivity index (χ0) is 13.4. The molecule has 0 radical (unpaired) electrons. The zero-order valence-corrected chi connectivity index (χ0v) is 10.3. The quantitative estimate of drug-likeness (QED) is 0.815. The highest BCUT2D eigenvalue weighted by molar-refractivity contribution is 5.96. The molecule has 2 aliphatic carbocycles. The molecule has 0 spiro atoms. The third-order valence-corrected chi connectivity index (χ3v) is 4.09. The number of rotatable bonds is 3. The third-order valence-electron chi connectivity index (χ3n) is 4.09. The Morgan fingerprint density at radius 1 is 1.05 bits per heavy atom. The van der Waals surface area contributed by atoms with Gasteiger partial charge in [-0.2, -0.15) is 0 Å². The number of benzene rings is 1. The number of anilines is 1. The Morgan fingerprint density at radius 2 is 1.68 bits per heavy atom. The molecule has 4 heteroatoms. The smallest absolute Gasteiger partial charge is 0.307 e. The molecule has 0 saturated heterocycles. The molecule has 4 atom stereocenters. The van der Waals surface area contributed by atoms with Crippen LogP contribution in [0.4, 0.5) is 5.69 Å². The second-order valence-corrected chi connectivity index (χ2v) is 5.19. The van der Waals surface area contributed by atoms with Crippen LogP contribution < -0.4 is 5.32 Å². The van der Waals surface area contributed by atoms with Crippen LogP contribution in [-0.4, -0.2) is 17.0 Å². The predicted octanol–water partition coefficient (Wildman–Crippen LogP) is 2.15. The average Bonchev–Trinajstić information content (AvgIpc) is 2.99. The fourth-order valence-electron chi connectivity index (χ4n) is 3.26. The van der Waals surface area contributed by atoms with Crippen LogP contribution >= 0.6 is 0 Å². The number of nitrogens with one attached hydrogen (secondary N) is 1. The largest absolute Gasteiger partial charge is 0.481 e. The molecule has 1 saturated carbocycles. The van der Waals surface area contributed by atoms with Crippen molar-refractivity contribution >= 4 is 17.6 Å². The molecule has 0 unspecified atom stereocenters. The Morgan fingerprint density at radius 3 is 2.32 bits per heavy atom. The molecule has 1 aromatic rings. The van der Waals surface area contributed by atoms with E-state index in [1.165, 1.54) is 0 Å². The Hall–Kier alpha value is -2.10. The number of carboxylic acid groups (broad SMARTS) is 1. The summed E-state index contributed by atoms with van der Waals surface area (Å²) in [6, 6.07) is 9.15. The number of hydrogen-bond donors (Lipinski definition) is 2. The summed E-state index contributed by atoms with van der Waals surface area (Å²) in [5.41, 5.74) is 0.711. The van der Waals surface area contributed by atoms with Crippen LogP contribution in [0.25, 0.3) is 0 Å². The maximum Gasteiger partial charge on any atom is 0.307 e. The third kappa shape index (κ3) is 2.03. The molecule has 1 amide bonds. The lowest BCUT2D eigenvalue weighted by molar-refractivity contribution is -0.146. The number of carbonyl (C=O) groups is 2. The van der Waals surface area contributed by atoms with Crippen LogP contribution in [0.15, 0.2) is 42.5 Å². The molecule has 2 bridgehead atoms. The van der Waals surface area contributed by atoms with Crippen LogP contribution in [0.1, 0.15) is 6.42 Å². The Labute approximate surface area is 111 Å². The highest BCUT2D eigenvalue weighted by atomic mass is 16.4. The van der Waals surface area contributed by atoms with E-state index in [4.69, 9.17) is 0 Å². The average molecular weight is 257 g/mol. The van der Waals surface area contributed by atoms with E-state index >= 15 is 0 Å². The number of aliphatic carboxylic acids is 1. The second-order valence-electron chi connectivity index (χ2n) is 5.19. The van der Waals surface area contributed by atoms with E-state index in [1.54, 1.807) is 12.1 Å². The Kier molecular flexibility index (Phi) is 2.85. The maximum atomic E-state index is 12.3. The van der Waals surface area contributed by atoms with Crippen LogP contribution in [-0.2, 0) is 9.59 Å². The second kappa shape index (κ2) is 4.53. The van der Waals surface area contributed by atoms with Gasteiger partial charge in [0.1, 0.15) is 0 Å². The van der Waals surface area contributed by atoms with E-state index in [-0.39, 0.29) is 17.7 Å². The fraction of sp³-hybridized carbons (Fsp3) is 0.333. The topological polar surface area (TPSA) is 66.4 Å². The summed E-state index contributed by atoms with van der Waals surface area (Å²) in [5, 5.41) is 12.1. The summed E-state index contributed by atoms with van der Waals surface area (Å²) in [7, 11) is 0. The molecule has 2 aliphatic rings. The van der Waals surface area contributed by atoms with E-state index in [1.807, 2.05) is 30.4 Å². The first kappa shape index (κ1) is 12.0. The molecule has 3 rings (SSSR count). The summed E-state index contributed by atoms with van der Waals surface area (Å²) in [6.07, 6.45) is 4.71. The highest BCUT2D eigenvalue weighted by Gasteiger charge is 2.51. The van der Waals surface area contributed by atoms with E-state index < -0.39 is 17.8 Å². The molecule has 19 heavy (non-hydrogen) atoms. The Bertz CT molecular complexity index is 538. The SMILES string of the molecule is O=C(O)[C@@H]1[C@@H](C(=O)Nc2ccccc2)[C@H]2C=C[C@@H]1C2. The van der Waals surface area contributed by atoms with Gasteiger partial charge in [-0.05, 0) is 30.4 Å². The first-order chi connectivity index (χ1) is 9.16. The van der Waals surface area contributed by atoms with Crippen molar-refractivity contribution in [3.8, 4) is 0 Å². The molecule has 2 N–H and O–H groups in total. The minimum atomic E-state index is -0.870. The van der Waals surface area contributed by atoms with E-state index in [2.05, 4.69) is 5.32 Å². The number of fused-ring (bicyclic) bond motifs is 2. The molecular weight excluding hydrogens is 242 g/mol. The van der Waals surface area contributed by atoms with Gasteiger partial charge >= 0.3 is 5.97 Å². The number of allylic oxidation sites excluding steroid dienone is 2.